The van der Waals surface area contributed by atoms with Gasteiger partial charge >= 0.3 is 0 Å². The highest BCUT2D eigenvalue weighted by Gasteiger charge is 2.15. The van der Waals surface area contributed by atoms with Crippen molar-refractivity contribution in [3.05, 3.63) is 81.7 Å². The zero-order chi connectivity index (χ0) is 21.1. The molecular weight excluding hydrogens is 419 g/mol. The van der Waals surface area contributed by atoms with Crippen LogP contribution in [0.2, 0.25) is 0 Å². The Balaban J connectivity index is 1.46. The van der Waals surface area contributed by atoms with Gasteiger partial charge in [0, 0.05) is 35.7 Å². The molecule has 0 N–H and O–H groups in total. The van der Waals surface area contributed by atoms with E-state index in [-0.39, 0.29) is 17.2 Å². The first-order valence-corrected chi connectivity index (χ1v) is 11.4. The molecule has 0 atom stereocenters. The van der Waals surface area contributed by atoms with Crippen molar-refractivity contribution in [3.63, 3.8) is 0 Å². The van der Waals surface area contributed by atoms with Crippen molar-refractivity contribution >= 4 is 39.1 Å². The number of hydrogen-bond acceptors (Lipinski definition) is 5. The van der Waals surface area contributed by atoms with Crippen LogP contribution in [0.25, 0.3) is 21.3 Å². The van der Waals surface area contributed by atoms with E-state index >= 15 is 0 Å². The number of rotatable bonds is 7. The Kier molecular flexibility index (Phi) is 6.11. The molecule has 0 saturated carbocycles. The molecule has 30 heavy (non-hydrogen) atoms. The number of carbonyl (C=O) groups excluding carboxylic acids is 1. The molecule has 2 aromatic carbocycles. The summed E-state index contributed by atoms with van der Waals surface area (Å²) in [7, 11) is 1.73. The minimum Gasteiger partial charge on any atom is -0.294 e. The van der Waals surface area contributed by atoms with Crippen LogP contribution in [0.3, 0.4) is 0 Å². The Morgan fingerprint density at radius 3 is 2.60 bits per heavy atom. The number of aromatic nitrogens is 2. The summed E-state index contributed by atoms with van der Waals surface area (Å²) in [4.78, 5) is 30.6. The fourth-order valence-corrected chi connectivity index (χ4v) is 5.09. The third-order valence-electron chi connectivity index (χ3n) is 4.80. The Hall–Kier alpha value is -2.77. The number of nitrogens with zero attached hydrogens (tertiary/aromatic N) is 2. The van der Waals surface area contributed by atoms with E-state index in [1.165, 1.54) is 47.4 Å². The van der Waals surface area contributed by atoms with Crippen molar-refractivity contribution in [1.82, 2.24) is 9.55 Å². The standard InChI is InChI=1S/C23H19FN2O2S2/c1-26-22(28)20-18(15-6-3-2-4-7-15)14-30-21(20)25-23(26)29-13-5-8-19(27)16-9-11-17(24)12-10-16/h2-4,6-7,9-12,14H,5,8,13H2,1H3. The molecule has 4 nitrogen and oxygen atoms in total. The first-order valence-electron chi connectivity index (χ1n) is 9.50. The molecule has 152 valence electrons. The van der Waals surface area contributed by atoms with E-state index in [2.05, 4.69) is 4.98 Å². The van der Waals surface area contributed by atoms with Gasteiger partial charge in [-0.3, -0.25) is 14.2 Å². The molecule has 0 fully saturated rings. The molecule has 2 aromatic heterocycles. The number of fused-ring (bicyclic) bond motifs is 1. The lowest BCUT2D eigenvalue weighted by atomic mass is 10.1. The number of carbonyl (C=O) groups is 1. The minimum atomic E-state index is -0.353. The Labute approximate surface area is 181 Å². The molecule has 2 heterocycles. The van der Waals surface area contributed by atoms with E-state index in [9.17, 15) is 14.0 Å². The zero-order valence-electron chi connectivity index (χ0n) is 16.3. The van der Waals surface area contributed by atoms with Gasteiger partial charge in [0.05, 0.1) is 5.39 Å². The van der Waals surface area contributed by atoms with Gasteiger partial charge in [-0.05, 0) is 36.2 Å². The molecule has 0 unspecified atom stereocenters. The van der Waals surface area contributed by atoms with Gasteiger partial charge in [-0.2, -0.15) is 0 Å². The number of hydrogen-bond donors (Lipinski definition) is 0. The van der Waals surface area contributed by atoms with Crippen LogP contribution in [0.4, 0.5) is 4.39 Å². The van der Waals surface area contributed by atoms with E-state index in [0.29, 0.717) is 34.7 Å². The van der Waals surface area contributed by atoms with Gasteiger partial charge in [-0.25, -0.2) is 9.37 Å². The van der Waals surface area contributed by atoms with E-state index in [1.54, 1.807) is 11.6 Å². The number of thioether (sulfide) groups is 1. The maximum atomic E-state index is 13.0. The lowest BCUT2D eigenvalue weighted by Gasteiger charge is -2.08. The van der Waals surface area contributed by atoms with Gasteiger partial charge in [0.1, 0.15) is 10.6 Å². The van der Waals surface area contributed by atoms with Crippen LogP contribution in [-0.2, 0) is 7.05 Å². The predicted octanol–water partition coefficient (Wildman–Crippen LogP) is 5.56. The van der Waals surface area contributed by atoms with Crippen molar-refractivity contribution < 1.29 is 9.18 Å². The van der Waals surface area contributed by atoms with Crippen LogP contribution in [0, 0.1) is 5.82 Å². The van der Waals surface area contributed by atoms with Crippen molar-refractivity contribution in [1.29, 1.82) is 0 Å². The maximum Gasteiger partial charge on any atom is 0.263 e. The van der Waals surface area contributed by atoms with Crippen molar-refractivity contribution in [2.45, 2.75) is 18.0 Å². The van der Waals surface area contributed by atoms with Gasteiger partial charge in [-0.1, -0.05) is 42.1 Å². The van der Waals surface area contributed by atoms with E-state index in [4.69, 9.17) is 0 Å². The maximum absolute atomic E-state index is 13.0. The first kappa shape index (κ1) is 20.5. The molecule has 0 amide bonds. The first-order chi connectivity index (χ1) is 14.5. The lowest BCUT2D eigenvalue weighted by molar-refractivity contribution is 0.0982. The molecule has 0 aliphatic carbocycles. The Morgan fingerprint density at radius 1 is 1.13 bits per heavy atom. The summed E-state index contributed by atoms with van der Waals surface area (Å²) in [5, 5.41) is 3.26. The third kappa shape index (κ3) is 4.22. The third-order valence-corrected chi connectivity index (χ3v) is 6.79. The molecule has 0 saturated heterocycles. The molecule has 4 rings (SSSR count). The lowest BCUT2D eigenvalue weighted by Crippen LogP contribution is -2.19. The average molecular weight is 439 g/mol. The summed E-state index contributed by atoms with van der Waals surface area (Å²) in [6.07, 6.45) is 1.01. The van der Waals surface area contributed by atoms with Crippen LogP contribution in [0.1, 0.15) is 23.2 Å². The van der Waals surface area contributed by atoms with Crippen molar-refractivity contribution in [3.8, 4) is 11.1 Å². The molecule has 4 aromatic rings. The van der Waals surface area contributed by atoms with Gasteiger partial charge < -0.3 is 0 Å². The van der Waals surface area contributed by atoms with Crippen LogP contribution in [-0.4, -0.2) is 21.1 Å². The number of Topliss-reactive ketones (excluding diaryl/α,β-unsaturated/α-hetero) is 1. The van der Waals surface area contributed by atoms with Gasteiger partial charge in [-0.15, -0.1) is 11.3 Å². The number of thiophene rings is 1. The number of benzene rings is 2. The molecule has 0 bridgehead atoms. The normalized spacial score (nSPS) is 11.1. The molecular formula is C23H19FN2O2S2. The summed E-state index contributed by atoms with van der Waals surface area (Å²) in [5.41, 5.74) is 2.36. The number of ketones is 1. The fourth-order valence-electron chi connectivity index (χ4n) is 3.19. The van der Waals surface area contributed by atoms with Gasteiger partial charge in [0.15, 0.2) is 10.9 Å². The second-order valence-electron chi connectivity index (χ2n) is 6.84. The molecule has 0 aliphatic heterocycles. The average Bonchev–Trinajstić information content (AvgIpc) is 3.19. The summed E-state index contributed by atoms with van der Waals surface area (Å²) in [6, 6.07) is 15.4. The monoisotopic (exact) mass is 438 g/mol. The fraction of sp³-hybridized carbons (Fsp3) is 0.174. The second-order valence-corrected chi connectivity index (χ2v) is 8.76. The molecule has 0 aliphatic rings. The summed E-state index contributed by atoms with van der Waals surface area (Å²) in [6.45, 7) is 0. The van der Waals surface area contributed by atoms with Gasteiger partial charge in [0.25, 0.3) is 5.56 Å². The molecule has 0 spiro atoms. The Morgan fingerprint density at radius 2 is 1.87 bits per heavy atom. The summed E-state index contributed by atoms with van der Waals surface area (Å²) < 4.78 is 14.6. The summed E-state index contributed by atoms with van der Waals surface area (Å²) in [5.74, 6) is 0.294. The van der Waals surface area contributed by atoms with E-state index in [1.807, 2.05) is 35.7 Å². The summed E-state index contributed by atoms with van der Waals surface area (Å²) >= 11 is 2.93. The highest BCUT2D eigenvalue weighted by molar-refractivity contribution is 7.99. The van der Waals surface area contributed by atoms with Crippen LogP contribution in [0.5, 0.6) is 0 Å². The molecule has 0 radical (unpaired) electrons. The van der Waals surface area contributed by atoms with Crippen LogP contribution < -0.4 is 5.56 Å². The van der Waals surface area contributed by atoms with Crippen molar-refractivity contribution in [2.75, 3.05) is 5.75 Å². The zero-order valence-corrected chi connectivity index (χ0v) is 17.9. The Bertz CT molecular complexity index is 1250. The highest BCUT2D eigenvalue weighted by Crippen LogP contribution is 2.32. The van der Waals surface area contributed by atoms with Crippen LogP contribution in [0.15, 0.2) is 69.9 Å². The highest BCUT2D eigenvalue weighted by atomic mass is 32.2. The largest absolute Gasteiger partial charge is 0.294 e. The smallest absolute Gasteiger partial charge is 0.263 e. The number of halogens is 1. The quantitative estimate of drug-likeness (QED) is 0.164. The topological polar surface area (TPSA) is 52.0 Å². The van der Waals surface area contributed by atoms with Crippen LogP contribution >= 0.6 is 23.1 Å². The van der Waals surface area contributed by atoms with Crippen molar-refractivity contribution in [2.24, 2.45) is 7.05 Å². The van der Waals surface area contributed by atoms with E-state index < -0.39 is 0 Å². The minimum absolute atomic E-state index is 0.0151. The van der Waals surface area contributed by atoms with E-state index in [0.717, 1.165) is 16.0 Å². The van der Waals surface area contributed by atoms with Gasteiger partial charge in [0.2, 0.25) is 0 Å². The predicted molar refractivity (Wildman–Crippen MR) is 121 cm³/mol. The second kappa shape index (κ2) is 8.93. The SMILES string of the molecule is Cn1c(SCCCC(=O)c2ccc(F)cc2)nc2scc(-c3ccccc3)c2c1=O. The molecule has 7 heteroatoms.